The molecule has 78 valence electrons. The molecule has 0 radical (unpaired) electrons. The number of aliphatic hydroxyl groups is 1. The summed E-state index contributed by atoms with van der Waals surface area (Å²) in [5.41, 5.74) is 0. The normalized spacial score (nSPS) is 12.7. The first-order chi connectivity index (χ1) is 6.63. The molecule has 0 amide bonds. The Morgan fingerprint density at radius 1 is 1.57 bits per heavy atom. The van der Waals surface area contributed by atoms with Gasteiger partial charge >= 0.3 is 5.97 Å². The Balaban J connectivity index is 2.48. The van der Waals surface area contributed by atoms with E-state index < -0.39 is 5.97 Å². The van der Waals surface area contributed by atoms with Gasteiger partial charge in [0, 0.05) is 4.88 Å². The third-order valence-corrected chi connectivity index (χ3v) is 3.20. The summed E-state index contributed by atoms with van der Waals surface area (Å²) < 4.78 is 0. The summed E-state index contributed by atoms with van der Waals surface area (Å²) in [5, 5.41) is 18.0. The highest BCUT2D eigenvalue weighted by molar-refractivity contribution is 7.13. The van der Waals surface area contributed by atoms with Crippen LogP contribution < -0.4 is 0 Å². The lowest BCUT2D eigenvalue weighted by atomic mass is 10.1. The number of aliphatic hydroxyl groups excluding tert-OH is 1. The van der Waals surface area contributed by atoms with E-state index in [1.807, 2.05) is 13.0 Å². The molecule has 1 unspecified atom stereocenters. The molecule has 0 saturated carbocycles. The molecule has 0 aliphatic rings. The molecule has 0 bridgehead atoms. The maximum Gasteiger partial charge on any atom is 0.345 e. The van der Waals surface area contributed by atoms with Crippen molar-refractivity contribution in [2.45, 2.75) is 32.3 Å². The van der Waals surface area contributed by atoms with Gasteiger partial charge in [0.2, 0.25) is 0 Å². The predicted octanol–water partition coefficient (Wildman–Crippen LogP) is 2.15. The van der Waals surface area contributed by atoms with E-state index in [4.69, 9.17) is 5.11 Å². The average molecular weight is 214 g/mol. The van der Waals surface area contributed by atoms with E-state index >= 15 is 0 Å². The van der Waals surface area contributed by atoms with Gasteiger partial charge in [0.05, 0.1) is 6.10 Å². The molecule has 0 fully saturated rings. The molecule has 0 aliphatic heterocycles. The van der Waals surface area contributed by atoms with Crippen molar-refractivity contribution in [3.8, 4) is 0 Å². The molecule has 2 N–H and O–H groups in total. The molecule has 1 rings (SSSR count). The molecular formula is C10H14O3S. The highest BCUT2D eigenvalue weighted by Gasteiger charge is 2.08. The van der Waals surface area contributed by atoms with Crippen LogP contribution in [0.25, 0.3) is 0 Å². The zero-order chi connectivity index (χ0) is 10.6. The fraction of sp³-hybridized carbons (Fsp3) is 0.500. The summed E-state index contributed by atoms with van der Waals surface area (Å²) in [7, 11) is 0. The molecule has 0 aromatic carbocycles. The van der Waals surface area contributed by atoms with E-state index in [9.17, 15) is 9.90 Å². The van der Waals surface area contributed by atoms with E-state index in [-0.39, 0.29) is 6.10 Å². The smallest absolute Gasteiger partial charge is 0.345 e. The molecule has 3 nitrogen and oxygen atoms in total. The maximum atomic E-state index is 10.6. The summed E-state index contributed by atoms with van der Waals surface area (Å²) >= 11 is 1.28. The third kappa shape index (κ3) is 3.12. The highest BCUT2D eigenvalue weighted by Crippen LogP contribution is 2.18. The van der Waals surface area contributed by atoms with Crippen molar-refractivity contribution in [3.05, 3.63) is 21.9 Å². The molecule has 4 heteroatoms. The maximum absolute atomic E-state index is 10.6. The van der Waals surface area contributed by atoms with Crippen molar-refractivity contribution < 1.29 is 15.0 Å². The predicted molar refractivity (Wildman–Crippen MR) is 55.9 cm³/mol. The number of thiophene rings is 1. The first-order valence-electron chi connectivity index (χ1n) is 4.63. The van der Waals surface area contributed by atoms with Crippen LogP contribution in [-0.4, -0.2) is 22.3 Å². The van der Waals surface area contributed by atoms with E-state index in [1.165, 1.54) is 11.3 Å². The summed E-state index contributed by atoms with van der Waals surface area (Å²) in [6, 6.07) is 3.43. The monoisotopic (exact) mass is 214 g/mol. The summed E-state index contributed by atoms with van der Waals surface area (Å²) in [6.45, 7) is 1.93. The lowest BCUT2D eigenvalue weighted by Gasteiger charge is -2.04. The Kier molecular flexibility index (Phi) is 4.10. The van der Waals surface area contributed by atoms with Crippen LogP contribution in [0.4, 0.5) is 0 Å². The fourth-order valence-corrected chi connectivity index (χ4v) is 2.00. The molecule has 1 aromatic rings. The van der Waals surface area contributed by atoms with Crippen LogP contribution >= 0.6 is 11.3 Å². The summed E-state index contributed by atoms with van der Waals surface area (Å²) in [5.74, 6) is -0.878. The zero-order valence-corrected chi connectivity index (χ0v) is 8.88. The summed E-state index contributed by atoms with van der Waals surface area (Å²) in [4.78, 5) is 12.0. The number of rotatable bonds is 5. The van der Waals surface area contributed by atoms with Gasteiger partial charge in [-0.3, -0.25) is 0 Å². The van der Waals surface area contributed by atoms with Crippen molar-refractivity contribution in [1.29, 1.82) is 0 Å². The number of carboxylic acid groups (broad SMARTS) is 1. The second-order valence-corrected chi connectivity index (χ2v) is 4.34. The third-order valence-electron chi connectivity index (χ3n) is 2.07. The number of carboxylic acids is 1. The van der Waals surface area contributed by atoms with Crippen LogP contribution in [0.2, 0.25) is 0 Å². The van der Waals surface area contributed by atoms with Gasteiger partial charge in [0.15, 0.2) is 0 Å². The minimum Gasteiger partial charge on any atom is -0.477 e. The van der Waals surface area contributed by atoms with Crippen molar-refractivity contribution >= 4 is 17.3 Å². The van der Waals surface area contributed by atoms with E-state index in [2.05, 4.69) is 0 Å². The van der Waals surface area contributed by atoms with Crippen LogP contribution in [0.5, 0.6) is 0 Å². The topological polar surface area (TPSA) is 57.5 Å². The zero-order valence-electron chi connectivity index (χ0n) is 8.06. The first kappa shape index (κ1) is 11.2. The molecule has 1 atom stereocenters. The van der Waals surface area contributed by atoms with Gasteiger partial charge in [-0.15, -0.1) is 11.3 Å². The lowest BCUT2D eigenvalue weighted by molar-refractivity contribution is 0.0702. The lowest BCUT2D eigenvalue weighted by Crippen LogP contribution is -2.04. The Morgan fingerprint density at radius 3 is 2.79 bits per heavy atom. The number of hydrogen-bond acceptors (Lipinski definition) is 3. The second-order valence-electron chi connectivity index (χ2n) is 3.17. The van der Waals surface area contributed by atoms with E-state index in [0.29, 0.717) is 11.3 Å². The molecule has 0 aliphatic carbocycles. The van der Waals surface area contributed by atoms with Crippen LogP contribution in [0.1, 0.15) is 34.3 Å². The molecular weight excluding hydrogens is 200 g/mol. The molecule has 1 heterocycles. The van der Waals surface area contributed by atoms with Gasteiger partial charge in [-0.05, 0) is 31.4 Å². The highest BCUT2D eigenvalue weighted by atomic mass is 32.1. The summed E-state index contributed by atoms with van der Waals surface area (Å²) in [6.07, 6.45) is 1.94. The Hall–Kier alpha value is -0.870. The van der Waals surface area contributed by atoms with E-state index in [1.54, 1.807) is 6.07 Å². The van der Waals surface area contributed by atoms with Gasteiger partial charge in [-0.1, -0.05) is 6.92 Å². The van der Waals surface area contributed by atoms with Crippen LogP contribution in [-0.2, 0) is 6.42 Å². The van der Waals surface area contributed by atoms with Crippen LogP contribution in [0, 0.1) is 0 Å². The fourth-order valence-electron chi connectivity index (χ4n) is 1.14. The molecule has 14 heavy (non-hydrogen) atoms. The van der Waals surface area contributed by atoms with Gasteiger partial charge in [0.25, 0.3) is 0 Å². The number of aromatic carboxylic acids is 1. The largest absolute Gasteiger partial charge is 0.477 e. The van der Waals surface area contributed by atoms with Gasteiger partial charge < -0.3 is 10.2 Å². The SMILES string of the molecule is CCC(O)CCc1ccc(C(=O)O)s1. The van der Waals surface area contributed by atoms with E-state index in [0.717, 1.165) is 17.7 Å². The van der Waals surface area contributed by atoms with Crippen molar-refractivity contribution in [1.82, 2.24) is 0 Å². The van der Waals surface area contributed by atoms with Gasteiger partial charge in [-0.2, -0.15) is 0 Å². The number of carbonyl (C=O) groups is 1. The van der Waals surface area contributed by atoms with Crippen LogP contribution in [0.15, 0.2) is 12.1 Å². The number of hydrogen-bond donors (Lipinski definition) is 2. The quantitative estimate of drug-likeness (QED) is 0.789. The van der Waals surface area contributed by atoms with Crippen molar-refractivity contribution in [2.75, 3.05) is 0 Å². The Labute approximate surface area is 87.0 Å². The minimum atomic E-state index is -0.878. The molecule has 0 saturated heterocycles. The number of aryl methyl sites for hydroxylation is 1. The second kappa shape index (κ2) is 5.12. The van der Waals surface area contributed by atoms with Crippen molar-refractivity contribution in [3.63, 3.8) is 0 Å². The average Bonchev–Trinajstić information content (AvgIpc) is 2.62. The first-order valence-corrected chi connectivity index (χ1v) is 5.45. The Bertz CT molecular complexity index is 306. The van der Waals surface area contributed by atoms with Crippen molar-refractivity contribution in [2.24, 2.45) is 0 Å². The van der Waals surface area contributed by atoms with Crippen LogP contribution in [0.3, 0.4) is 0 Å². The standard InChI is InChI=1S/C10H14O3S/c1-2-7(11)3-4-8-5-6-9(14-8)10(12)13/h5-7,11H,2-4H2,1H3,(H,12,13). The Morgan fingerprint density at radius 2 is 2.29 bits per heavy atom. The molecule has 0 spiro atoms. The van der Waals surface area contributed by atoms with Gasteiger partial charge in [0.1, 0.15) is 4.88 Å². The minimum absolute atomic E-state index is 0.273. The molecule has 1 aromatic heterocycles. The van der Waals surface area contributed by atoms with Gasteiger partial charge in [-0.25, -0.2) is 4.79 Å².